The lowest BCUT2D eigenvalue weighted by atomic mass is 9.91. The van der Waals surface area contributed by atoms with Gasteiger partial charge in [0.25, 0.3) is 0 Å². The van der Waals surface area contributed by atoms with E-state index in [9.17, 15) is 23.1 Å². The van der Waals surface area contributed by atoms with E-state index in [0.717, 1.165) is 28.3 Å². The third kappa shape index (κ3) is 6.29. The van der Waals surface area contributed by atoms with Crippen molar-refractivity contribution in [2.75, 3.05) is 51.3 Å². The maximum Gasteiger partial charge on any atom is 0.325 e. The molecule has 0 bridgehead atoms. The number of carboxylic acids is 1. The van der Waals surface area contributed by atoms with E-state index in [2.05, 4.69) is 11.0 Å². The topological polar surface area (TPSA) is 104 Å². The van der Waals surface area contributed by atoms with E-state index >= 15 is 0 Å². The van der Waals surface area contributed by atoms with Crippen LogP contribution in [0.15, 0.2) is 46.9 Å². The Morgan fingerprint density at radius 3 is 2.26 bits per heavy atom. The second-order valence-electron chi connectivity index (χ2n) is 10.7. The molecular formula is C29H38N2O6S2. The van der Waals surface area contributed by atoms with Crippen LogP contribution in [0.2, 0.25) is 0 Å². The first-order chi connectivity index (χ1) is 18.6. The molecule has 0 aliphatic carbocycles. The molecule has 0 atom stereocenters. The highest BCUT2D eigenvalue weighted by atomic mass is 32.2. The molecule has 2 aromatic rings. The van der Waals surface area contributed by atoms with Gasteiger partial charge in [0.05, 0.1) is 16.4 Å². The first-order valence-corrected chi connectivity index (χ1v) is 15.7. The quantitative estimate of drug-likeness (QED) is 0.411. The predicted octanol–water partition coefficient (Wildman–Crippen LogP) is 4.61. The lowest BCUT2D eigenvalue weighted by Gasteiger charge is -2.38. The SMILES string of the molecule is COCCN1CCC(C(=O)O)(S(=O)(=O)c2ccc(N3CCC(C(=O)c4ccc(C=C(C)C)s4)CC3)cc2)CC1. The fourth-order valence-corrected chi connectivity index (χ4v) is 8.45. The highest BCUT2D eigenvalue weighted by Gasteiger charge is 2.53. The van der Waals surface area contributed by atoms with E-state index in [1.807, 2.05) is 30.9 Å². The van der Waals surface area contributed by atoms with Crippen molar-refractivity contribution in [2.24, 2.45) is 5.92 Å². The summed E-state index contributed by atoms with van der Waals surface area (Å²) in [6.07, 6.45) is 3.63. The Morgan fingerprint density at radius 1 is 1.05 bits per heavy atom. The largest absolute Gasteiger partial charge is 0.480 e. The third-order valence-electron chi connectivity index (χ3n) is 7.86. The van der Waals surface area contributed by atoms with Crippen molar-refractivity contribution in [1.29, 1.82) is 0 Å². The number of likely N-dealkylation sites (tertiary alicyclic amines) is 1. The molecule has 8 nitrogen and oxygen atoms in total. The van der Waals surface area contributed by atoms with Crippen molar-refractivity contribution in [1.82, 2.24) is 4.90 Å². The number of carbonyl (C=O) groups is 2. The molecule has 0 spiro atoms. The molecule has 2 saturated heterocycles. The minimum atomic E-state index is -4.09. The maximum atomic E-state index is 13.6. The number of thiophene rings is 1. The summed E-state index contributed by atoms with van der Waals surface area (Å²) in [6, 6.07) is 10.5. The zero-order valence-electron chi connectivity index (χ0n) is 22.9. The van der Waals surface area contributed by atoms with Gasteiger partial charge in [0.15, 0.2) is 20.4 Å². The molecule has 0 radical (unpaired) electrons. The molecule has 4 rings (SSSR count). The van der Waals surface area contributed by atoms with Gasteiger partial charge in [-0.05, 0) is 82.0 Å². The van der Waals surface area contributed by atoms with Gasteiger partial charge >= 0.3 is 5.97 Å². The molecule has 1 N–H and O–H groups in total. The predicted molar refractivity (Wildman–Crippen MR) is 154 cm³/mol. The van der Waals surface area contributed by atoms with Crippen LogP contribution in [-0.4, -0.2) is 81.4 Å². The molecular weight excluding hydrogens is 536 g/mol. The van der Waals surface area contributed by atoms with E-state index in [-0.39, 0.29) is 29.4 Å². The number of allylic oxidation sites excluding steroid dienone is 1. The zero-order valence-corrected chi connectivity index (χ0v) is 24.5. The number of carboxylic acid groups (broad SMARTS) is 1. The summed E-state index contributed by atoms with van der Waals surface area (Å²) in [7, 11) is -2.49. The highest BCUT2D eigenvalue weighted by molar-refractivity contribution is 7.93. The number of ether oxygens (including phenoxy) is 1. The Bertz CT molecular complexity index is 1300. The number of anilines is 1. The van der Waals surface area contributed by atoms with Crippen molar-refractivity contribution in [3.05, 3.63) is 51.7 Å². The first kappa shape index (κ1) is 29.5. The van der Waals surface area contributed by atoms with Crippen LogP contribution in [0.25, 0.3) is 6.08 Å². The zero-order chi connectivity index (χ0) is 28.2. The lowest BCUT2D eigenvalue weighted by molar-refractivity contribution is -0.141. The van der Waals surface area contributed by atoms with E-state index < -0.39 is 20.6 Å². The van der Waals surface area contributed by atoms with Gasteiger partial charge in [-0.2, -0.15) is 0 Å². The molecule has 2 aliphatic heterocycles. The van der Waals surface area contributed by atoms with Crippen molar-refractivity contribution in [2.45, 2.75) is 49.2 Å². The number of hydrogen-bond donors (Lipinski definition) is 1. The van der Waals surface area contributed by atoms with Gasteiger partial charge < -0.3 is 19.6 Å². The molecule has 0 unspecified atom stereocenters. The number of sulfone groups is 1. The molecule has 0 amide bonds. The van der Waals surface area contributed by atoms with Gasteiger partial charge in [0.1, 0.15) is 0 Å². The van der Waals surface area contributed by atoms with Crippen molar-refractivity contribution in [3.8, 4) is 0 Å². The standard InChI is InChI=1S/C29H38N2O6S2/c1-21(2)20-24-6-9-26(38-24)27(32)22-10-14-31(15-11-22)23-4-7-25(8-5-23)39(35,36)29(28(33)34)12-16-30(17-13-29)18-19-37-3/h4-9,20,22H,10-19H2,1-3H3,(H,33,34). The molecule has 2 fully saturated rings. The van der Waals surface area contributed by atoms with Crippen LogP contribution in [0.1, 0.15) is 54.1 Å². The van der Waals surface area contributed by atoms with Crippen LogP contribution in [0.4, 0.5) is 5.69 Å². The van der Waals surface area contributed by atoms with Crippen LogP contribution in [-0.2, 0) is 19.4 Å². The normalized spacial score (nSPS) is 18.6. The number of aliphatic carboxylic acids is 1. The molecule has 0 saturated carbocycles. The van der Waals surface area contributed by atoms with Crippen molar-refractivity contribution < 1.29 is 27.9 Å². The van der Waals surface area contributed by atoms with Gasteiger partial charge in [-0.3, -0.25) is 9.59 Å². The molecule has 39 heavy (non-hydrogen) atoms. The van der Waals surface area contributed by atoms with Gasteiger partial charge in [-0.25, -0.2) is 8.42 Å². The molecule has 1 aromatic carbocycles. The van der Waals surface area contributed by atoms with Gasteiger partial charge in [-0.1, -0.05) is 5.57 Å². The summed E-state index contributed by atoms with van der Waals surface area (Å²) in [5, 5.41) is 10.0. The summed E-state index contributed by atoms with van der Waals surface area (Å²) in [6.45, 7) is 7.42. The van der Waals surface area contributed by atoms with Crippen molar-refractivity contribution in [3.63, 3.8) is 0 Å². The molecule has 2 aliphatic rings. The third-order valence-corrected chi connectivity index (χ3v) is 11.4. The number of rotatable bonds is 10. The second-order valence-corrected chi connectivity index (χ2v) is 14.1. The number of piperidine rings is 2. The van der Waals surface area contributed by atoms with E-state index in [1.165, 1.54) is 29.0 Å². The summed E-state index contributed by atoms with van der Waals surface area (Å²) < 4.78 is 30.5. The summed E-state index contributed by atoms with van der Waals surface area (Å²) in [5.41, 5.74) is 2.07. The van der Waals surface area contributed by atoms with Gasteiger partial charge in [0, 0.05) is 56.3 Å². The Morgan fingerprint density at radius 2 is 1.69 bits per heavy atom. The van der Waals surface area contributed by atoms with Crippen LogP contribution in [0.5, 0.6) is 0 Å². The first-order valence-electron chi connectivity index (χ1n) is 13.4. The molecule has 212 valence electrons. The summed E-state index contributed by atoms with van der Waals surface area (Å²) >= 11 is 1.53. The van der Waals surface area contributed by atoms with Crippen LogP contribution >= 0.6 is 11.3 Å². The molecule has 10 heteroatoms. The Hall–Kier alpha value is -2.53. The average molecular weight is 575 g/mol. The summed E-state index contributed by atoms with van der Waals surface area (Å²) in [5.74, 6) is -1.12. The second kappa shape index (κ2) is 12.3. The fraction of sp³-hybridized carbons (Fsp3) is 0.517. The van der Waals surface area contributed by atoms with E-state index in [1.54, 1.807) is 19.2 Å². The minimum Gasteiger partial charge on any atom is -0.480 e. The van der Waals surface area contributed by atoms with E-state index in [4.69, 9.17) is 4.74 Å². The van der Waals surface area contributed by atoms with Crippen molar-refractivity contribution >= 4 is 44.7 Å². The smallest absolute Gasteiger partial charge is 0.325 e. The van der Waals surface area contributed by atoms with Gasteiger partial charge in [0.2, 0.25) is 0 Å². The highest BCUT2D eigenvalue weighted by Crippen LogP contribution is 2.37. The Balaban J connectivity index is 1.40. The number of nitrogens with zero attached hydrogens (tertiary/aromatic N) is 2. The number of ketones is 1. The average Bonchev–Trinajstić information content (AvgIpc) is 3.39. The van der Waals surface area contributed by atoms with Crippen LogP contribution in [0, 0.1) is 5.92 Å². The molecule has 3 heterocycles. The Labute approximate surface area is 235 Å². The lowest BCUT2D eigenvalue weighted by Crippen LogP contribution is -2.54. The number of methoxy groups -OCH3 is 1. The number of Topliss-reactive ketones (excluding diaryl/α,β-unsaturated/α-hetero) is 1. The van der Waals surface area contributed by atoms with E-state index in [0.29, 0.717) is 39.3 Å². The number of carbonyl (C=O) groups excluding carboxylic acids is 1. The molecule has 1 aromatic heterocycles. The Kier molecular flexibility index (Phi) is 9.31. The maximum absolute atomic E-state index is 13.6. The number of hydrogen-bond acceptors (Lipinski definition) is 8. The minimum absolute atomic E-state index is 0.0238. The van der Waals surface area contributed by atoms with Crippen LogP contribution < -0.4 is 4.90 Å². The summed E-state index contributed by atoms with van der Waals surface area (Å²) in [4.78, 5) is 31.5. The van der Waals surface area contributed by atoms with Gasteiger partial charge in [-0.15, -0.1) is 11.3 Å². The number of benzene rings is 1. The monoisotopic (exact) mass is 574 g/mol. The fourth-order valence-electron chi connectivity index (χ4n) is 5.47. The van der Waals surface area contributed by atoms with Crippen LogP contribution in [0.3, 0.4) is 0 Å².